The first-order chi connectivity index (χ1) is 13.0. The number of piperazine rings is 1. The van der Waals surface area contributed by atoms with Crippen molar-refractivity contribution in [2.75, 3.05) is 63.9 Å². The lowest BCUT2D eigenvalue weighted by Crippen LogP contribution is -2.49. The van der Waals surface area contributed by atoms with Crippen LogP contribution in [0.2, 0.25) is 0 Å². The molecule has 2 aliphatic heterocycles. The number of hydrogen-bond donors (Lipinski definition) is 0. The first-order valence-corrected chi connectivity index (χ1v) is 9.58. The molecule has 2 heterocycles. The van der Waals surface area contributed by atoms with Crippen LogP contribution >= 0.6 is 0 Å². The zero-order valence-corrected chi connectivity index (χ0v) is 16.1. The molecule has 8 nitrogen and oxygen atoms in total. The van der Waals surface area contributed by atoms with E-state index >= 15 is 0 Å². The second-order valence-corrected chi connectivity index (χ2v) is 7.54. The Balaban J connectivity index is 1.79. The number of benzene rings is 1. The van der Waals surface area contributed by atoms with Crippen LogP contribution in [0.4, 0.5) is 11.4 Å². The molecule has 0 radical (unpaired) electrons. The molecule has 0 atom stereocenters. The van der Waals surface area contributed by atoms with Gasteiger partial charge >= 0.3 is 0 Å². The van der Waals surface area contributed by atoms with Gasteiger partial charge in [-0.3, -0.25) is 19.8 Å². The maximum absolute atomic E-state index is 13.2. The number of carbonyl (C=O) groups is 1. The van der Waals surface area contributed by atoms with Gasteiger partial charge in [0.2, 0.25) is 0 Å². The van der Waals surface area contributed by atoms with Gasteiger partial charge in [0.05, 0.1) is 29.4 Å². The molecule has 0 N–H and O–H groups in total. The number of hydrogen-bond acceptors (Lipinski definition) is 6. The Bertz CT molecular complexity index is 680. The molecule has 27 heavy (non-hydrogen) atoms. The van der Waals surface area contributed by atoms with Gasteiger partial charge in [-0.05, 0) is 12.0 Å². The van der Waals surface area contributed by atoms with Gasteiger partial charge in [0.1, 0.15) is 0 Å². The topological polar surface area (TPSA) is 79.2 Å². The largest absolute Gasteiger partial charge is 0.378 e. The Kier molecular flexibility index (Phi) is 6.28. The summed E-state index contributed by atoms with van der Waals surface area (Å²) in [6.07, 6.45) is 0. The van der Waals surface area contributed by atoms with E-state index in [0.29, 0.717) is 50.9 Å². The number of rotatable bonds is 5. The fraction of sp³-hybridized carbons (Fsp3) is 0.632. The molecule has 1 amide bonds. The smallest absolute Gasteiger partial charge is 0.270 e. The predicted molar refractivity (Wildman–Crippen MR) is 103 cm³/mol. The van der Waals surface area contributed by atoms with E-state index in [1.54, 1.807) is 6.07 Å². The van der Waals surface area contributed by atoms with E-state index in [1.807, 2.05) is 4.90 Å². The van der Waals surface area contributed by atoms with Crippen LogP contribution in [0.15, 0.2) is 18.2 Å². The molecule has 148 valence electrons. The third-order valence-electron chi connectivity index (χ3n) is 5.06. The van der Waals surface area contributed by atoms with Crippen molar-refractivity contribution < 1.29 is 14.5 Å². The fourth-order valence-electron chi connectivity index (χ4n) is 3.71. The summed E-state index contributed by atoms with van der Waals surface area (Å²) in [7, 11) is 0. The highest BCUT2D eigenvalue weighted by Crippen LogP contribution is 2.28. The number of nitro benzene ring substituents is 1. The molecule has 0 unspecified atom stereocenters. The molecule has 1 aromatic rings. The normalized spacial score (nSPS) is 18.8. The van der Waals surface area contributed by atoms with E-state index in [2.05, 4.69) is 23.6 Å². The maximum Gasteiger partial charge on any atom is 0.270 e. The minimum absolute atomic E-state index is 0.0474. The summed E-state index contributed by atoms with van der Waals surface area (Å²) < 4.78 is 5.39. The summed E-state index contributed by atoms with van der Waals surface area (Å²) in [5.74, 6) is 0.473. The van der Waals surface area contributed by atoms with Crippen molar-refractivity contribution >= 4 is 17.3 Å². The van der Waals surface area contributed by atoms with Crippen LogP contribution in [0.25, 0.3) is 0 Å². The Labute approximate surface area is 159 Å². The monoisotopic (exact) mass is 376 g/mol. The molecule has 2 aliphatic rings. The predicted octanol–water partition coefficient (Wildman–Crippen LogP) is 1.85. The molecule has 3 rings (SSSR count). The second-order valence-electron chi connectivity index (χ2n) is 7.54. The lowest BCUT2D eigenvalue weighted by molar-refractivity contribution is -0.384. The van der Waals surface area contributed by atoms with Crippen molar-refractivity contribution in [3.8, 4) is 0 Å². The van der Waals surface area contributed by atoms with Gasteiger partial charge in [-0.2, -0.15) is 0 Å². The Morgan fingerprint density at radius 2 is 1.81 bits per heavy atom. The molecule has 2 fully saturated rings. The Hall–Kier alpha value is -2.19. The van der Waals surface area contributed by atoms with Gasteiger partial charge < -0.3 is 14.5 Å². The number of nitrogens with zero attached hydrogens (tertiary/aromatic N) is 4. The highest BCUT2D eigenvalue weighted by atomic mass is 16.6. The number of morpholine rings is 1. The minimum Gasteiger partial charge on any atom is -0.378 e. The number of non-ortho nitro benzene ring substituents is 1. The standard InChI is InChI=1S/C19H28N4O4/c1-15(2)14-20-5-7-22(8-6-20)19(24)17-13-16(23(25)26)3-4-18(17)21-9-11-27-12-10-21/h3-4,13,15H,5-12,14H2,1-2H3. The SMILES string of the molecule is CC(C)CN1CCN(C(=O)c2cc([N+](=O)[O-])ccc2N2CCOCC2)CC1. The summed E-state index contributed by atoms with van der Waals surface area (Å²) >= 11 is 0. The maximum atomic E-state index is 13.2. The van der Waals surface area contributed by atoms with Crippen LogP contribution in [0, 0.1) is 16.0 Å². The van der Waals surface area contributed by atoms with Gasteiger partial charge in [0.15, 0.2) is 0 Å². The summed E-state index contributed by atoms with van der Waals surface area (Å²) in [4.78, 5) is 30.2. The average molecular weight is 376 g/mol. The molecular formula is C19H28N4O4. The summed E-state index contributed by atoms with van der Waals surface area (Å²) in [6.45, 7) is 10.9. The molecule has 0 aromatic heterocycles. The first kappa shape index (κ1) is 19.6. The van der Waals surface area contributed by atoms with Crippen LogP contribution in [-0.2, 0) is 4.74 Å². The Morgan fingerprint density at radius 3 is 2.41 bits per heavy atom. The van der Waals surface area contributed by atoms with Crippen LogP contribution in [0.5, 0.6) is 0 Å². The third-order valence-corrected chi connectivity index (χ3v) is 5.06. The molecule has 0 saturated carbocycles. The lowest BCUT2D eigenvalue weighted by Gasteiger charge is -2.36. The van der Waals surface area contributed by atoms with E-state index in [1.165, 1.54) is 12.1 Å². The number of anilines is 1. The third kappa shape index (κ3) is 4.75. The van der Waals surface area contributed by atoms with E-state index in [-0.39, 0.29) is 11.6 Å². The van der Waals surface area contributed by atoms with Crippen molar-refractivity contribution in [1.29, 1.82) is 0 Å². The summed E-state index contributed by atoms with van der Waals surface area (Å²) in [6, 6.07) is 4.60. The molecule has 0 bridgehead atoms. The zero-order chi connectivity index (χ0) is 19.4. The van der Waals surface area contributed by atoms with Crippen molar-refractivity contribution in [3.63, 3.8) is 0 Å². The number of amides is 1. The average Bonchev–Trinajstić information content (AvgIpc) is 2.68. The highest BCUT2D eigenvalue weighted by Gasteiger charge is 2.27. The lowest BCUT2D eigenvalue weighted by atomic mass is 10.1. The minimum atomic E-state index is -0.444. The van der Waals surface area contributed by atoms with Gasteiger partial charge in [0.25, 0.3) is 11.6 Å². The van der Waals surface area contributed by atoms with Crippen LogP contribution < -0.4 is 4.90 Å². The molecule has 1 aromatic carbocycles. The van der Waals surface area contributed by atoms with Crippen LogP contribution in [-0.4, -0.2) is 79.7 Å². The van der Waals surface area contributed by atoms with Gasteiger partial charge in [-0.1, -0.05) is 13.8 Å². The molecule has 2 saturated heterocycles. The van der Waals surface area contributed by atoms with E-state index in [9.17, 15) is 14.9 Å². The van der Waals surface area contributed by atoms with E-state index < -0.39 is 4.92 Å². The molecule has 8 heteroatoms. The summed E-state index contributed by atoms with van der Waals surface area (Å²) in [5, 5.41) is 11.2. The quantitative estimate of drug-likeness (QED) is 0.576. The molecule has 0 spiro atoms. The van der Waals surface area contributed by atoms with Crippen LogP contribution in [0.3, 0.4) is 0 Å². The molecular weight excluding hydrogens is 348 g/mol. The van der Waals surface area contributed by atoms with Gasteiger partial charge in [0, 0.05) is 57.9 Å². The van der Waals surface area contributed by atoms with E-state index in [4.69, 9.17) is 4.74 Å². The first-order valence-electron chi connectivity index (χ1n) is 9.58. The zero-order valence-electron chi connectivity index (χ0n) is 16.1. The molecule has 0 aliphatic carbocycles. The van der Waals surface area contributed by atoms with E-state index in [0.717, 1.165) is 25.3 Å². The number of ether oxygens (including phenoxy) is 1. The number of carbonyl (C=O) groups excluding carboxylic acids is 1. The van der Waals surface area contributed by atoms with Gasteiger partial charge in [-0.25, -0.2) is 0 Å². The van der Waals surface area contributed by atoms with Crippen molar-refractivity contribution in [2.45, 2.75) is 13.8 Å². The second kappa shape index (κ2) is 8.67. The highest BCUT2D eigenvalue weighted by molar-refractivity contribution is 6.00. The van der Waals surface area contributed by atoms with Crippen LogP contribution in [0.1, 0.15) is 24.2 Å². The van der Waals surface area contributed by atoms with Crippen molar-refractivity contribution in [1.82, 2.24) is 9.80 Å². The summed E-state index contributed by atoms with van der Waals surface area (Å²) in [5.41, 5.74) is 1.13. The fourth-order valence-corrected chi connectivity index (χ4v) is 3.71. The van der Waals surface area contributed by atoms with Gasteiger partial charge in [-0.15, -0.1) is 0 Å². The van der Waals surface area contributed by atoms with Crippen molar-refractivity contribution in [3.05, 3.63) is 33.9 Å². The van der Waals surface area contributed by atoms with Crippen molar-refractivity contribution in [2.24, 2.45) is 5.92 Å². The Morgan fingerprint density at radius 1 is 1.15 bits per heavy atom. The number of nitro groups is 1.